The van der Waals surface area contributed by atoms with Gasteiger partial charge in [0.15, 0.2) is 17.2 Å². The van der Waals surface area contributed by atoms with Crippen molar-refractivity contribution in [3.63, 3.8) is 0 Å². The summed E-state index contributed by atoms with van der Waals surface area (Å²) in [6.45, 7) is 4.59. The highest BCUT2D eigenvalue weighted by Gasteiger charge is 2.37. The van der Waals surface area contributed by atoms with E-state index in [0.29, 0.717) is 19.8 Å². The lowest BCUT2D eigenvalue weighted by molar-refractivity contribution is -0.153. The quantitative estimate of drug-likeness (QED) is 0.800. The van der Waals surface area contributed by atoms with Crippen molar-refractivity contribution < 1.29 is 18.7 Å². The SMILES string of the molecule is CC1(C(N)=O)CN(CCCOc2ccccc2F)CCO1. The van der Waals surface area contributed by atoms with Gasteiger partial charge >= 0.3 is 0 Å². The number of nitrogens with two attached hydrogens (primary N) is 1. The first-order valence-corrected chi connectivity index (χ1v) is 7.05. The van der Waals surface area contributed by atoms with Crippen molar-refractivity contribution in [1.82, 2.24) is 4.90 Å². The summed E-state index contributed by atoms with van der Waals surface area (Å²) in [6.07, 6.45) is 0.739. The van der Waals surface area contributed by atoms with E-state index in [0.717, 1.165) is 19.5 Å². The molecule has 1 aliphatic heterocycles. The molecule has 1 heterocycles. The Morgan fingerprint density at radius 1 is 1.52 bits per heavy atom. The molecule has 0 aliphatic carbocycles. The van der Waals surface area contributed by atoms with E-state index in [1.165, 1.54) is 6.07 Å². The zero-order valence-corrected chi connectivity index (χ0v) is 12.2. The lowest BCUT2D eigenvalue weighted by atomic mass is 10.0. The molecule has 1 aromatic rings. The summed E-state index contributed by atoms with van der Waals surface area (Å²) in [5, 5.41) is 0. The Labute approximate surface area is 123 Å². The number of carbonyl (C=O) groups excluding carboxylic acids is 1. The summed E-state index contributed by atoms with van der Waals surface area (Å²) in [7, 11) is 0. The fraction of sp³-hybridized carbons (Fsp3) is 0.533. The lowest BCUT2D eigenvalue weighted by Gasteiger charge is -2.38. The summed E-state index contributed by atoms with van der Waals surface area (Å²) in [4.78, 5) is 13.5. The van der Waals surface area contributed by atoms with E-state index in [1.54, 1.807) is 25.1 Å². The second kappa shape index (κ2) is 6.87. The molecule has 0 radical (unpaired) electrons. The van der Waals surface area contributed by atoms with Gasteiger partial charge in [-0.25, -0.2) is 4.39 Å². The van der Waals surface area contributed by atoms with Gasteiger partial charge in [-0.2, -0.15) is 0 Å². The van der Waals surface area contributed by atoms with Crippen molar-refractivity contribution in [3.8, 4) is 5.75 Å². The van der Waals surface area contributed by atoms with E-state index in [1.807, 2.05) is 0 Å². The Morgan fingerprint density at radius 2 is 2.29 bits per heavy atom. The second-order valence-corrected chi connectivity index (χ2v) is 5.35. The average molecular weight is 296 g/mol. The number of halogens is 1. The fourth-order valence-electron chi connectivity index (χ4n) is 2.32. The van der Waals surface area contributed by atoms with Gasteiger partial charge in [0.25, 0.3) is 5.91 Å². The number of carbonyl (C=O) groups is 1. The van der Waals surface area contributed by atoms with Crippen molar-refractivity contribution in [2.24, 2.45) is 5.73 Å². The van der Waals surface area contributed by atoms with Crippen molar-refractivity contribution >= 4 is 5.91 Å². The number of nitrogens with zero attached hydrogens (tertiary/aromatic N) is 1. The van der Waals surface area contributed by atoms with E-state index in [9.17, 15) is 9.18 Å². The van der Waals surface area contributed by atoms with Gasteiger partial charge in [0, 0.05) is 19.6 Å². The highest BCUT2D eigenvalue weighted by Crippen LogP contribution is 2.18. The Balaban J connectivity index is 1.74. The molecule has 0 aromatic heterocycles. The summed E-state index contributed by atoms with van der Waals surface area (Å²) in [6, 6.07) is 6.34. The normalized spacial score (nSPS) is 23.0. The van der Waals surface area contributed by atoms with Crippen LogP contribution in [0.3, 0.4) is 0 Å². The number of ether oxygens (including phenoxy) is 2. The molecule has 1 unspecified atom stereocenters. The van der Waals surface area contributed by atoms with Crippen LogP contribution in [-0.4, -0.2) is 49.3 Å². The summed E-state index contributed by atoms with van der Waals surface area (Å²) < 4.78 is 24.2. The number of amides is 1. The van der Waals surface area contributed by atoms with Gasteiger partial charge in [0.05, 0.1) is 13.2 Å². The monoisotopic (exact) mass is 296 g/mol. The van der Waals surface area contributed by atoms with Crippen LogP contribution in [0.1, 0.15) is 13.3 Å². The van der Waals surface area contributed by atoms with Gasteiger partial charge in [-0.1, -0.05) is 12.1 Å². The smallest absolute Gasteiger partial charge is 0.250 e. The van der Waals surface area contributed by atoms with Gasteiger partial charge in [0.1, 0.15) is 0 Å². The van der Waals surface area contributed by atoms with Crippen molar-refractivity contribution in [3.05, 3.63) is 30.1 Å². The molecule has 0 bridgehead atoms. The van der Waals surface area contributed by atoms with Gasteiger partial charge in [-0.3, -0.25) is 9.69 Å². The third-order valence-corrected chi connectivity index (χ3v) is 3.59. The van der Waals surface area contributed by atoms with Gasteiger partial charge in [-0.05, 0) is 25.5 Å². The molecule has 1 atom stereocenters. The molecule has 0 spiro atoms. The summed E-state index contributed by atoms with van der Waals surface area (Å²) in [5.74, 6) is -0.540. The molecule has 1 saturated heterocycles. The first-order chi connectivity index (χ1) is 10.0. The number of hydrogen-bond donors (Lipinski definition) is 1. The number of hydrogen-bond acceptors (Lipinski definition) is 4. The molecule has 21 heavy (non-hydrogen) atoms. The Bertz CT molecular complexity index is 498. The minimum atomic E-state index is -0.926. The van der Waals surface area contributed by atoms with E-state index >= 15 is 0 Å². The van der Waals surface area contributed by atoms with Crippen molar-refractivity contribution in [2.45, 2.75) is 18.9 Å². The maximum atomic E-state index is 13.4. The number of para-hydroxylation sites is 1. The lowest BCUT2D eigenvalue weighted by Crippen LogP contribution is -2.57. The largest absolute Gasteiger partial charge is 0.490 e. The highest BCUT2D eigenvalue weighted by atomic mass is 19.1. The van der Waals surface area contributed by atoms with Crippen molar-refractivity contribution in [2.75, 3.05) is 32.8 Å². The molecule has 2 rings (SSSR count). The maximum absolute atomic E-state index is 13.4. The van der Waals surface area contributed by atoms with E-state index in [2.05, 4.69) is 4.90 Å². The number of morpholine rings is 1. The number of primary amides is 1. The van der Waals surface area contributed by atoms with Crippen LogP contribution in [0.4, 0.5) is 4.39 Å². The standard InChI is InChI=1S/C15H21FN2O3/c1-15(14(17)19)11-18(8-10-21-15)7-4-9-20-13-6-3-2-5-12(13)16/h2-3,5-6H,4,7-11H2,1H3,(H2,17,19). The van der Waals surface area contributed by atoms with E-state index < -0.39 is 11.5 Å². The molecular formula is C15H21FN2O3. The minimum absolute atomic E-state index is 0.265. The van der Waals surface area contributed by atoms with Crippen LogP contribution in [0.2, 0.25) is 0 Å². The van der Waals surface area contributed by atoms with Crippen LogP contribution < -0.4 is 10.5 Å². The second-order valence-electron chi connectivity index (χ2n) is 5.35. The molecule has 5 nitrogen and oxygen atoms in total. The number of benzene rings is 1. The molecule has 1 amide bonds. The molecule has 1 aliphatic rings. The molecule has 1 aromatic carbocycles. The van der Waals surface area contributed by atoms with Crippen LogP contribution in [0.5, 0.6) is 5.75 Å². The Kier molecular flexibility index (Phi) is 5.14. The van der Waals surface area contributed by atoms with E-state index in [4.69, 9.17) is 15.2 Å². The summed E-state index contributed by atoms with van der Waals surface area (Å²) >= 11 is 0. The molecule has 116 valence electrons. The average Bonchev–Trinajstić information content (AvgIpc) is 2.45. The van der Waals surface area contributed by atoms with Crippen LogP contribution in [-0.2, 0) is 9.53 Å². The van der Waals surface area contributed by atoms with Gasteiger partial charge < -0.3 is 15.2 Å². The predicted molar refractivity (Wildman–Crippen MR) is 76.5 cm³/mol. The molecule has 1 fully saturated rings. The van der Waals surface area contributed by atoms with Crippen LogP contribution in [0.25, 0.3) is 0 Å². The van der Waals surface area contributed by atoms with Crippen molar-refractivity contribution in [1.29, 1.82) is 0 Å². The number of rotatable bonds is 6. The molecular weight excluding hydrogens is 275 g/mol. The van der Waals surface area contributed by atoms with E-state index in [-0.39, 0.29) is 11.6 Å². The fourth-order valence-corrected chi connectivity index (χ4v) is 2.32. The van der Waals surface area contributed by atoms with Crippen LogP contribution >= 0.6 is 0 Å². The van der Waals surface area contributed by atoms with Gasteiger partial charge in [0.2, 0.25) is 0 Å². The van der Waals surface area contributed by atoms with Crippen LogP contribution in [0.15, 0.2) is 24.3 Å². The predicted octanol–water partition coefficient (Wildman–Crippen LogP) is 1.17. The molecule has 0 saturated carbocycles. The van der Waals surface area contributed by atoms with Gasteiger partial charge in [-0.15, -0.1) is 0 Å². The molecule has 2 N–H and O–H groups in total. The Morgan fingerprint density at radius 3 is 3.00 bits per heavy atom. The minimum Gasteiger partial charge on any atom is -0.490 e. The summed E-state index contributed by atoms with van der Waals surface area (Å²) in [5.41, 5.74) is 4.43. The maximum Gasteiger partial charge on any atom is 0.250 e. The topological polar surface area (TPSA) is 64.8 Å². The highest BCUT2D eigenvalue weighted by molar-refractivity contribution is 5.83. The third-order valence-electron chi connectivity index (χ3n) is 3.59. The third kappa shape index (κ3) is 4.15. The zero-order chi connectivity index (χ0) is 15.3. The first kappa shape index (κ1) is 15.7. The van der Waals surface area contributed by atoms with Crippen LogP contribution in [0, 0.1) is 5.82 Å². The molecule has 6 heteroatoms. The Hall–Kier alpha value is -1.66. The first-order valence-electron chi connectivity index (χ1n) is 7.05. The zero-order valence-electron chi connectivity index (χ0n) is 12.2.